The van der Waals surface area contributed by atoms with Gasteiger partial charge in [-0.25, -0.2) is 4.39 Å². The van der Waals surface area contributed by atoms with Crippen LogP contribution in [-0.4, -0.2) is 30.7 Å². The Morgan fingerprint density at radius 1 is 1.00 bits per heavy atom. The van der Waals surface area contributed by atoms with E-state index in [0.29, 0.717) is 29.8 Å². The molecule has 1 aromatic heterocycles. The third-order valence-electron chi connectivity index (χ3n) is 5.84. The number of carbonyl (C=O) groups is 1. The number of hydrogen-bond donors (Lipinski definition) is 1. The lowest BCUT2D eigenvalue weighted by atomic mass is 10.1. The SMILES string of the molecule is COc1ccc(CCNC(=O)COc2ccc3c(C)cc(=O)n(Cc4ccccc4F)c3c2)cc1. The van der Waals surface area contributed by atoms with E-state index < -0.39 is 0 Å². The monoisotopic (exact) mass is 474 g/mol. The van der Waals surface area contributed by atoms with Crippen molar-refractivity contribution in [1.82, 2.24) is 9.88 Å². The molecule has 0 saturated heterocycles. The molecule has 0 aliphatic heterocycles. The predicted octanol–water partition coefficient (Wildman–Crippen LogP) is 4.24. The van der Waals surface area contributed by atoms with Crippen molar-refractivity contribution in [3.63, 3.8) is 0 Å². The number of aryl methyl sites for hydroxylation is 1. The van der Waals surface area contributed by atoms with E-state index in [1.165, 1.54) is 10.6 Å². The number of halogens is 1. The first-order valence-electron chi connectivity index (χ1n) is 11.3. The van der Waals surface area contributed by atoms with E-state index in [4.69, 9.17) is 9.47 Å². The lowest BCUT2D eigenvalue weighted by Crippen LogP contribution is -2.30. The number of aromatic nitrogens is 1. The number of rotatable bonds is 9. The van der Waals surface area contributed by atoms with Crippen LogP contribution in [0.3, 0.4) is 0 Å². The van der Waals surface area contributed by atoms with Gasteiger partial charge in [0.15, 0.2) is 6.61 Å². The summed E-state index contributed by atoms with van der Waals surface area (Å²) in [4.78, 5) is 25.0. The van der Waals surface area contributed by atoms with E-state index in [1.807, 2.05) is 37.3 Å². The minimum Gasteiger partial charge on any atom is -0.497 e. The normalized spacial score (nSPS) is 10.8. The summed E-state index contributed by atoms with van der Waals surface area (Å²) >= 11 is 0. The van der Waals surface area contributed by atoms with E-state index in [9.17, 15) is 14.0 Å². The van der Waals surface area contributed by atoms with Crippen LogP contribution >= 0.6 is 0 Å². The third-order valence-corrected chi connectivity index (χ3v) is 5.84. The number of amides is 1. The third kappa shape index (κ3) is 5.87. The molecule has 0 bridgehead atoms. The molecule has 0 spiro atoms. The predicted molar refractivity (Wildman–Crippen MR) is 134 cm³/mol. The maximum Gasteiger partial charge on any atom is 0.257 e. The van der Waals surface area contributed by atoms with Gasteiger partial charge >= 0.3 is 0 Å². The highest BCUT2D eigenvalue weighted by atomic mass is 19.1. The van der Waals surface area contributed by atoms with Crippen LogP contribution in [0.4, 0.5) is 4.39 Å². The van der Waals surface area contributed by atoms with Crippen LogP contribution < -0.4 is 20.3 Å². The summed E-state index contributed by atoms with van der Waals surface area (Å²) < 4.78 is 26.6. The molecule has 0 unspecified atom stereocenters. The molecule has 1 heterocycles. The molecular formula is C28H27FN2O4. The van der Waals surface area contributed by atoms with Gasteiger partial charge in [-0.05, 0) is 54.8 Å². The molecule has 0 saturated carbocycles. The molecule has 1 amide bonds. The number of carbonyl (C=O) groups excluding carboxylic acids is 1. The van der Waals surface area contributed by atoms with Gasteiger partial charge in [-0.1, -0.05) is 30.3 Å². The average Bonchev–Trinajstić information content (AvgIpc) is 2.86. The van der Waals surface area contributed by atoms with Crippen molar-refractivity contribution in [2.45, 2.75) is 19.9 Å². The fourth-order valence-corrected chi connectivity index (χ4v) is 3.92. The molecule has 0 atom stereocenters. The second-order valence-electron chi connectivity index (χ2n) is 8.26. The van der Waals surface area contributed by atoms with Gasteiger partial charge in [0, 0.05) is 29.6 Å². The minimum absolute atomic E-state index is 0.0948. The van der Waals surface area contributed by atoms with Crippen molar-refractivity contribution in [2.24, 2.45) is 0 Å². The van der Waals surface area contributed by atoms with E-state index in [2.05, 4.69) is 5.32 Å². The number of benzene rings is 3. The van der Waals surface area contributed by atoms with Gasteiger partial charge in [0.05, 0.1) is 19.2 Å². The minimum atomic E-state index is -0.369. The number of pyridine rings is 1. The zero-order valence-corrected chi connectivity index (χ0v) is 19.7. The number of nitrogens with zero attached hydrogens (tertiary/aromatic N) is 1. The number of hydrogen-bond acceptors (Lipinski definition) is 4. The van der Waals surface area contributed by atoms with E-state index in [-0.39, 0.29) is 30.4 Å². The highest BCUT2D eigenvalue weighted by molar-refractivity contribution is 5.84. The molecule has 0 aliphatic carbocycles. The Hall–Kier alpha value is -4.13. The van der Waals surface area contributed by atoms with E-state index in [0.717, 1.165) is 22.3 Å². The summed E-state index contributed by atoms with van der Waals surface area (Å²) in [6.07, 6.45) is 0.688. The van der Waals surface area contributed by atoms with Crippen LogP contribution in [0.1, 0.15) is 16.7 Å². The van der Waals surface area contributed by atoms with E-state index >= 15 is 0 Å². The first-order chi connectivity index (χ1) is 16.9. The number of methoxy groups -OCH3 is 1. The molecular weight excluding hydrogens is 447 g/mol. The van der Waals surface area contributed by atoms with Crippen molar-refractivity contribution in [2.75, 3.05) is 20.3 Å². The first-order valence-corrected chi connectivity index (χ1v) is 11.3. The van der Waals surface area contributed by atoms with Gasteiger partial charge in [0.1, 0.15) is 17.3 Å². The maximum atomic E-state index is 14.2. The zero-order valence-electron chi connectivity index (χ0n) is 19.7. The molecule has 0 radical (unpaired) electrons. The standard InChI is InChI=1S/C28H27FN2O4/c1-19-15-28(33)31(17-21-5-3-4-6-25(21)29)26-16-23(11-12-24(19)26)35-18-27(32)30-14-13-20-7-9-22(34-2)10-8-20/h3-12,15-16H,13-14,17-18H2,1-2H3,(H,30,32). The summed E-state index contributed by atoms with van der Waals surface area (Å²) in [7, 11) is 1.62. The lowest BCUT2D eigenvalue weighted by Gasteiger charge is -2.14. The summed E-state index contributed by atoms with van der Waals surface area (Å²) in [5.41, 5.74) is 2.71. The first kappa shape index (κ1) is 24.0. The molecule has 7 heteroatoms. The van der Waals surface area contributed by atoms with Crippen LogP contribution in [0.5, 0.6) is 11.5 Å². The van der Waals surface area contributed by atoms with Crippen molar-refractivity contribution < 1.29 is 18.7 Å². The van der Waals surface area contributed by atoms with Crippen molar-refractivity contribution in [3.8, 4) is 11.5 Å². The van der Waals surface area contributed by atoms with Gasteiger partial charge in [-0.2, -0.15) is 0 Å². The summed E-state index contributed by atoms with van der Waals surface area (Å²) in [6.45, 7) is 2.27. The molecule has 0 fully saturated rings. The van der Waals surface area contributed by atoms with Gasteiger partial charge < -0.3 is 19.4 Å². The molecule has 4 aromatic rings. The number of fused-ring (bicyclic) bond motifs is 1. The van der Waals surface area contributed by atoms with E-state index in [1.54, 1.807) is 43.5 Å². The van der Waals surface area contributed by atoms with Crippen molar-refractivity contribution >= 4 is 16.8 Å². The number of nitrogens with one attached hydrogen (secondary N) is 1. The lowest BCUT2D eigenvalue weighted by molar-refractivity contribution is -0.123. The topological polar surface area (TPSA) is 69.6 Å². The molecule has 3 aromatic carbocycles. The summed E-state index contributed by atoms with van der Waals surface area (Å²) in [5, 5.41) is 3.70. The Morgan fingerprint density at radius 3 is 2.49 bits per heavy atom. The van der Waals surface area contributed by atoms with Crippen molar-refractivity contribution in [3.05, 3.63) is 106 Å². The quantitative estimate of drug-likeness (QED) is 0.394. The number of ether oxygens (including phenoxy) is 2. The molecule has 1 N–H and O–H groups in total. The largest absolute Gasteiger partial charge is 0.497 e. The average molecular weight is 475 g/mol. The fraction of sp³-hybridized carbons (Fsp3) is 0.214. The Morgan fingerprint density at radius 2 is 1.74 bits per heavy atom. The van der Waals surface area contributed by atoms with Gasteiger partial charge in [0.25, 0.3) is 11.5 Å². The molecule has 4 rings (SSSR count). The van der Waals surface area contributed by atoms with Crippen LogP contribution in [0.15, 0.2) is 77.6 Å². The Kier molecular flexibility index (Phi) is 7.45. The van der Waals surface area contributed by atoms with Crippen molar-refractivity contribution in [1.29, 1.82) is 0 Å². The summed E-state index contributed by atoms with van der Waals surface area (Å²) in [5.74, 6) is 0.629. The Balaban J connectivity index is 1.43. The smallest absolute Gasteiger partial charge is 0.257 e. The highest BCUT2D eigenvalue weighted by Gasteiger charge is 2.11. The molecule has 35 heavy (non-hydrogen) atoms. The molecule has 180 valence electrons. The maximum absolute atomic E-state index is 14.2. The second-order valence-corrected chi connectivity index (χ2v) is 8.26. The van der Waals surface area contributed by atoms with Crippen LogP contribution in [0.2, 0.25) is 0 Å². The van der Waals surface area contributed by atoms with Gasteiger partial charge in [-0.3, -0.25) is 9.59 Å². The molecule has 0 aliphatic rings. The van der Waals surface area contributed by atoms with Gasteiger partial charge in [0.2, 0.25) is 0 Å². The molecule has 6 nitrogen and oxygen atoms in total. The second kappa shape index (κ2) is 10.9. The van der Waals surface area contributed by atoms with Crippen LogP contribution in [-0.2, 0) is 17.8 Å². The van der Waals surface area contributed by atoms with Crippen LogP contribution in [0, 0.1) is 12.7 Å². The highest BCUT2D eigenvalue weighted by Crippen LogP contribution is 2.23. The fourth-order valence-electron chi connectivity index (χ4n) is 3.92. The Labute approximate surface area is 202 Å². The summed E-state index contributed by atoms with van der Waals surface area (Å²) in [6, 6.07) is 20.9. The van der Waals surface area contributed by atoms with Gasteiger partial charge in [-0.15, -0.1) is 0 Å². The Bertz CT molecular complexity index is 1400. The zero-order chi connectivity index (χ0) is 24.8. The van der Waals surface area contributed by atoms with Crippen LogP contribution in [0.25, 0.3) is 10.9 Å².